The van der Waals surface area contributed by atoms with E-state index in [1.165, 1.54) is 11.5 Å². The first-order valence-electron chi connectivity index (χ1n) is 5.41. The summed E-state index contributed by atoms with van der Waals surface area (Å²) in [5.41, 5.74) is 13.1. The Labute approximate surface area is 105 Å². The van der Waals surface area contributed by atoms with Gasteiger partial charge in [0, 0.05) is 34.7 Å². The summed E-state index contributed by atoms with van der Waals surface area (Å²) in [5, 5.41) is 0.554. The van der Waals surface area contributed by atoms with Crippen LogP contribution in [0.3, 0.4) is 0 Å². The predicted octanol–water partition coefficient (Wildman–Crippen LogP) is 1.38. The summed E-state index contributed by atoms with van der Waals surface area (Å²) in [4.78, 5) is 4.09. The smallest absolute Gasteiger partial charge is 0.126 e. The van der Waals surface area contributed by atoms with Crippen LogP contribution in [0, 0.1) is 0 Å². The SMILES string of the molecule is Nc1ncccc1CC(N)C1CSCCS1. The van der Waals surface area contributed by atoms with Crippen LogP contribution in [0.1, 0.15) is 5.56 Å². The highest BCUT2D eigenvalue weighted by molar-refractivity contribution is 8.06. The summed E-state index contributed by atoms with van der Waals surface area (Å²) in [6.07, 6.45) is 2.55. The second-order valence-corrected chi connectivity index (χ2v) is 6.40. The molecule has 0 spiro atoms. The van der Waals surface area contributed by atoms with Gasteiger partial charge >= 0.3 is 0 Å². The molecule has 16 heavy (non-hydrogen) atoms. The second kappa shape index (κ2) is 5.80. The minimum Gasteiger partial charge on any atom is -0.383 e. The Bertz CT molecular complexity index is 340. The molecule has 2 heterocycles. The van der Waals surface area contributed by atoms with E-state index in [2.05, 4.69) is 4.98 Å². The van der Waals surface area contributed by atoms with Crippen molar-refractivity contribution in [3.05, 3.63) is 23.9 Å². The molecule has 1 saturated heterocycles. The van der Waals surface area contributed by atoms with E-state index >= 15 is 0 Å². The zero-order chi connectivity index (χ0) is 11.4. The zero-order valence-electron chi connectivity index (χ0n) is 9.13. The molecule has 2 rings (SSSR count). The van der Waals surface area contributed by atoms with Gasteiger partial charge in [-0.3, -0.25) is 0 Å². The Kier molecular flexibility index (Phi) is 4.37. The molecule has 0 bridgehead atoms. The highest BCUT2D eigenvalue weighted by Gasteiger charge is 2.22. The first-order valence-corrected chi connectivity index (χ1v) is 7.62. The number of rotatable bonds is 3. The van der Waals surface area contributed by atoms with Crippen LogP contribution in [0.4, 0.5) is 5.82 Å². The van der Waals surface area contributed by atoms with Crippen molar-refractivity contribution in [1.29, 1.82) is 0 Å². The van der Waals surface area contributed by atoms with E-state index in [0.717, 1.165) is 17.7 Å². The molecule has 4 N–H and O–H groups in total. The maximum atomic E-state index is 6.23. The molecule has 1 aromatic heterocycles. The average Bonchev–Trinajstić information content (AvgIpc) is 2.33. The summed E-state index contributed by atoms with van der Waals surface area (Å²) in [6.45, 7) is 0. The summed E-state index contributed by atoms with van der Waals surface area (Å²) in [6, 6.07) is 4.12. The Morgan fingerprint density at radius 3 is 3.06 bits per heavy atom. The van der Waals surface area contributed by atoms with Gasteiger partial charge in [0.2, 0.25) is 0 Å². The molecule has 5 heteroatoms. The maximum Gasteiger partial charge on any atom is 0.126 e. The largest absolute Gasteiger partial charge is 0.383 e. The Morgan fingerprint density at radius 1 is 1.50 bits per heavy atom. The predicted molar refractivity (Wildman–Crippen MR) is 73.9 cm³/mol. The van der Waals surface area contributed by atoms with Gasteiger partial charge in [-0.25, -0.2) is 4.98 Å². The van der Waals surface area contributed by atoms with Crippen molar-refractivity contribution in [3.63, 3.8) is 0 Å². The number of anilines is 1. The van der Waals surface area contributed by atoms with Crippen LogP contribution in [-0.4, -0.2) is 33.5 Å². The minimum absolute atomic E-state index is 0.185. The molecule has 0 radical (unpaired) electrons. The van der Waals surface area contributed by atoms with Crippen molar-refractivity contribution < 1.29 is 0 Å². The molecule has 0 aliphatic carbocycles. The summed E-state index contributed by atoms with van der Waals surface area (Å²) < 4.78 is 0. The Morgan fingerprint density at radius 2 is 2.38 bits per heavy atom. The molecule has 1 fully saturated rings. The lowest BCUT2D eigenvalue weighted by atomic mass is 10.1. The number of thioether (sulfide) groups is 2. The second-order valence-electron chi connectivity index (χ2n) is 3.90. The van der Waals surface area contributed by atoms with Crippen LogP contribution in [0.25, 0.3) is 0 Å². The van der Waals surface area contributed by atoms with E-state index in [4.69, 9.17) is 11.5 Å². The molecule has 1 aromatic rings. The number of hydrogen-bond donors (Lipinski definition) is 2. The van der Waals surface area contributed by atoms with E-state index in [1.807, 2.05) is 35.7 Å². The van der Waals surface area contributed by atoms with Gasteiger partial charge in [-0.1, -0.05) is 6.07 Å². The van der Waals surface area contributed by atoms with E-state index < -0.39 is 0 Å². The third-order valence-corrected chi connectivity index (χ3v) is 5.64. The number of nitrogen functional groups attached to an aromatic ring is 1. The molecule has 0 saturated carbocycles. The number of nitrogens with two attached hydrogens (primary N) is 2. The van der Waals surface area contributed by atoms with Gasteiger partial charge in [0.15, 0.2) is 0 Å². The molecule has 1 aliphatic rings. The third-order valence-electron chi connectivity index (χ3n) is 2.70. The number of aromatic nitrogens is 1. The van der Waals surface area contributed by atoms with E-state index in [0.29, 0.717) is 11.1 Å². The van der Waals surface area contributed by atoms with E-state index in [9.17, 15) is 0 Å². The van der Waals surface area contributed by atoms with Gasteiger partial charge in [0.05, 0.1) is 0 Å². The number of hydrogen-bond acceptors (Lipinski definition) is 5. The normalized spacial score (nSPS) is 22.9. The molecular formula is C11H17N3S2. The molecule has 0 amide bonds. The lowest BCUT2D eigenvalue weighted by molar-refractivity contribution is 0.664. The average molecular weight is 255 g/mol. The zero-order valence-corrected chi connectivity index (χ0v) is 10.8. The number of nitrogens with zero attached hydrogens (tertiary/aromatic N) is 1. The molecule has 3 nitrogen and oxygen atoms in total. The fraction of sp³-hybridized carbons (Fsp3) is 0.545. The summed E-state index contributed by atoms with van der Waals surface area (Å²) in [7, 11) is 0. The maximum absolute atomic E-state index is 6.23. The van der Waals surface area contributed by atoms with Crippen molar-refractivity contribution in [3.8, 4) is 0 Å². The standard InChI is InChI=1S/C11H17N3S2/c12-9(10-7-15-4-5-16-10)6-8-2-1-3-14-11(8)13/h1-3,9-10H,4-7,12H2,(H2,13,14). The van der Waals surface area contributed by atoms with Crippen molar-refractivity contribution in [2.45, 2.75) is 17.7 Å². The topological polar surface area (TPSA) is 64.9 Å². The highest BCUT2D eigenvalue weighted by Crippen LogP contribution is 2.27. The van der Waals surface area contributed by atoms with Crippen LogP contribution in [-0.2, 0) is 6.42 Å². The Hall–Kier alpha value is -0.390. The molecule has 2 unspecified atom stereocenters. The fourth-order valence-corrected chi connectivity index (χ4v) is 4.58. The lowest BCUT2D eigenvalue weighted by Gasteiger charge is -2.26. The highest BCUT2D eigenvalue weighted by atomic mass is 32.2. The quantitative estimate of drug-likeness (QED) is 0.854. The first-order chi connectivity index (χ1) is 7.77. The van der Waals surface area contributed by atoms with Crippen LogP contribution < -0.4 is 11.5 Å². The first kappa shape index (κ1) is 12.1. The van der Waals surface area contributed by atoms with Crippen LogP contribution >= 0.6 is 23.5 Å². The number of pyridine rings is 1. The van der Waals surface area contributed by atoms with Crippen LogP contribution in [0.5, 0.6) is 0 Å². The van der Waals surface area contributed by atoms with Gasteiger partial charge in [0.25, 0.3) is 0 Å². The van der Waals surface area contributed by atoms with Crippen molar-refractivity contribution in [2.24, 2.45) is 5.73 Å². The molecule has 0 aromatic carbocycles. The molecule has 1 aliphatic heterocycles. The monoisotopic (exact) mass is 255 g/mol. The van der Waals surface area contributed by atoms with Gasteiger partial charge in [-0.2, -0.15) is 23.5 Å². The van der Waals surface area contributed by atoms with E-state index in [1.54, 1.807) is 6.20 Å². The lowest BCUT2D eigenvalue weighted by Crippen LogP contribution is -2.38. The summed E-state index contributed by atoms with van der Waals surface area (Å²) >= 11 is 3.99. The molecule has 2 atom stereocenters. The summed E-state index contributed by atoms with van der Waals surface area (Å²) in [5.74, 6) is 4.24. The van der Waals surface area contributed by atoms with Crippen molar-refractivity contribution >= 4 is 29.3 Å². The van der Waals surface area contributed by atoms with E-state index in [-0.39, 0.29) is 6.04 Å². The Balaban J connectivity index is 1.96. The molecule has 88 valence electrons. The van der Waals surface area contributed by atoms with Gasteiger partial charge < -0.3 is 11.5 Å². The van der Waals surface area contributed by atoms with Crippen molar-refractivity contribution in [1.82, 2.24) is 4.98 Å². The van der Waals surface area contributed by atoms with Gasteiger partial charge in [0.1, 0.15) is 5.82 Å². The van der Waals surface area contributed by atoms with Crippen molar-refractivity contribution in [2.75, 3.05) is 23.0 Å². The fourth-order valence-electron chi connectivity index (χ4n) is 1.76. The van der Waals surface area contributed by atoms with Gasteiger partial charge in [-0.15, -0.1) is 0 Å². The minimum atomic E-state index is 0.185. The van der Waals surface area contributed by atoms with Crippen LogP contribution in [0.15, 0.2) is 18.3 Å². The third kappa shape index (κ3) is 3.06. The van der Waals surface area contributed by atoms with Gasteiger partial charge in [-0.05, 0) is 18.1 Å². The molecular weight excluding hydrogens is 238 g/mol. The van der Waals surface area contributed by atoms with Crippen LogP contribution in [0.2, 0.25) is 0 Å².